The molecule has 0 saturated heterocycles. The van der Waals surface area contributed by atoms with E-state index in [2.05, 4.69) is 16.9 Å². The molecule has 146 valence electrons. The number of pyridine rings is 2. The summed E-state index contributed by atoms with van der Waals surface area (Å²) in [6.45, 7) is 2.86. The SMILES string of the molecule is CCCn1nc(-c2ccc(F)cc2)c(-c2ccncc2)c1-c1ccnc(OC)c1. The van der Waals surface area contributed by atoms with Crippen molar-refractivity contribution in [1.82, 2.24) is 19.7 Å². The average Bonchev–Trinajstić information content (AvgIpc) is 3.14. The molecule has 0 amide bonds. The fourth-order valence-electron chi connectivity index (χ4n) is 3.40. The standard InChI is InChI=1S/C23H21FN4O/c1-3-14-28-23(18-10-13-26-20(15-18)29-2)21(16-8-11-25-12-9-16)22(27-28)17-4-6-19(24)7-5-17/h4-13,15H,3,14H2,1-2H3. The smallest absolute Gasteiger partial charge is 0.213 e. The van der Waals surface area contributed by atoms with Crippen LogP contribution in [-0.4, -0.2) is 26.9 Å². The van der Waals surface area contributed by atoms with Crippen LogP contribution in [0.4, 0.5) is 4.39 Å². The van der Waals surface area contributed by atoms with Crippen LogP contribution in [0.15, 0.2) is 67.1 Å². The van der Waals surface area contributed by atoms with Gasteiger partial charge in [0, 0.05) is 47.9 Å². The van der Waals surface area contributed by atoms with Gasteiger partial charge in [0.15, 0.2) is 0 Å². The molecule has 4 rings (SSSR count). The summed E-state index contributed by atoms with van der Waals surface area (Å²) in [6.07, 6.45) is 6.18. The van der Waals surface area contributed by atoms with Crippen molar-refractivity contribution in [3.63, 3.8) is 0 Å². The molecule has 0 saturated carbocycles. The minimum absolute atomic E-state index is 0.272. The number of hydrogen-bond donors (Lipinski definition) is 0. The molecule has 0 unspecified atom stereocenters. The van der Waals surface area contributed by atoms with Crippen LogP contribution in [0.3, 0.4) is 0 Å². The fourth-order valence-corrected chi connectivity index (χ4v) is 3.40. The fraction of sp³-hybridized carbons (Fsp3) is 0.174. The maximum absolute atomic E-state index is 13.5. The second-order valence-corrected chi connectivity index (χ2v) is 6.63. The number of benzene rings is 1. The first kappa shape index (κ1) is 18.8. The normalized spacial score (nSPS) is 10.9. The summed E-state index contributed by atoms with van der Waals surface area (Å²) in [6, 6.07) is 14.2. The zero-order chi connectivity index (χ0) is 20.2. The number of ether oxygens (including phenoxy) is 1. The molecule has 0 aliphatic carbocycles. The molecule has 5 nitrogen and oxygen atoms in total. The topological polar surface area (TPSA) is 52.8 Å². The summed E-state index contributed by atoms with van der Waals surface area (Å²) in [7, 11) is 1.60. The summed E-state index contributed by atoms with van der Waals surface area (Å²) in [5.74, 6) is 0.266. The highest BCUT2D eigenvalue weighted by Gasteiger charge is 2.22. The van der Waals surface area contributed by atoms with Crippen LogP contribution in [0.5, 0.6) is 5.88 Å². The predicted molar refractivity (Wildman–Crippen MR) is 111 cm³/mol. The first-order valence-electron chi connectivity index (χ1n) is 9.48. The van der Waals surface area contributed by atoms with Crippen LogP contribution in [0.1, 0.15) is 13.3 Å². The number of hydrogen-bond acceptors (Lipinski definition) is 4. The van der Waals surface area contributed by atoms with Gasteiger partial charge >= 0.3 is 0 Å². The molecule has 1 aromatic carbocycles. The van der Waals surface area contributed by atoms with Crippen LogP contribution in [-0.2, 0) is 6.54 Å². The molecule has 0 spiro atoms. The van der Waals surface area contributed by atoms with Crippen molar-refractivity contribution >= 4 is 0 Å². The summed E-state index contributed by atoms with van der Waals surface area (Å²) in [5, 5.41) is 4.92. The molecule has 29 heavy (non-hydrogen) atoms. The molecular weight excluding hydrogens is 367 g/mol. The van der Waals surface area contributed by atoms with Crippen molar-refractivity contribution in [2.45, 2.75) is 19.9 Å². The van der Waals surface area contributed by atoms with Crippen molar-refractivity contribution in [2.75, 3.05) is 7.11 Å². The van der Waals surface area contributed by atoms with Crippen LogP contribution >= 0.6 is 0 Å². The van der Waals surface area contributed by atoms with Gasteiger partial charge in [-0.1, -0.05) is 6.92 Å². The summed E-state index contributed by atoms with van der Waals surface area (Å²) < 4.78 is 20.9. The molecule has 3 aromatic heterocycles. The lowest BCUT2D eigenvalue weighted by Crippen LogP contribution is -2.02. The first-order chi connectivity index (χ1) is 14.2. The lowest BCUT2D eigenvalue weighted by Gasteiger charge is -2.11. The molecule has 0 fully saturated rings. The molecule has 4 aromatic rings. The van der Waals surface area contributed by atoms with E-state index in [1.807, 2.05) is 28.9 Å². The van der Waals surface area contributed by atoms with E-state index in [-0.39, 0.29) is 5.82 Å². The Hall–Kier alpha value is -3.54. The maximum Gasteiger partial charge on any atom is 0.213 e. The van der Waals surface area contributed by atoms with Gasteiger partial charge < -0.3 is 4.74 Å². The Labute approximate surface area is 168 Å². The van der Waals surface area contributed by atoms with E-state index >= 15 is 0 Å². The Kier molecular flexibility index (Phi) is 5.33. The largest absolute Gasteiger partial charge is 0.481 e. The number of halogens is 1. The Morgan fingerprint density at radius 2 is 1.66 bits per heavy atom. The summed E-state index contributed by atoms with van der Waals surface area (Å²) in [4.78, 5) is 8.38. The second kappa shape index (κ2) is 8.22. The van der Waals surface area contributed by atoms with E-state index in [9.17, 15) is 4.39 Å². The predicted octanol–water partition coefficient (Wildman–Crippen LogP) is 5.23. The maximum atomic E-state index is 13.5. The van der Waals surface area contributed by atoms with Gasteiger partial charge in [0.25, 0.3) is 0 Å². The highest BCUT2D eigenvalue weighted by Crippen LogP contribution is 2.40. The van der Waals surface area contributed by atoms with Crippen LogP contribution in [0.25, 0.3) is 33.6 Å². The number of aryl methyl sites for hydroxylation is 1. The van der Waals surface area contributed by atoms with E-state index in [0.29, 0.717) is 5.88 Å². The van der Waals surface area contributed by atoms with Crippen molar-refractivity contribution in [1.29, 1.82) is 0 Å². The number of nitrogens with zero attached hydrogens (tertiary/aromatic N) is 4. The van der Waals surface area contributed by atoms with Crippen LogP contribution in [0, 0.1) is 5.82 Å². The molecule has 6 heteroatoms. The summed E-state index contributed by atoms with van der Waals surface area (Å²) >= 11 is 0. The summed E-state index contributed by atoms with van der Waals surface area (Å²) in [5.41, 5.74) is 5.55. The first-order valence-corrected chi connectivity index (χ1v) is 9.48. The van der Waals surface area contributed by atoms with Crippen LogP contribution < -0.4 is 4.74 Å². The van der Waals surface area contributed by atoms with Crippen LogP contribution in [0.2, 0.25) is 0 Å². The zero-order valence-corrected chi connectivity index (χ0v) is 16.3. The molecule has 0 atom stereocenters. The van der Waals surface area contributed by atoms with E-state index in [1.165, 1.54) is 12.1 Å². The van der Waals surface area contributed by atoms with Gasteiger partial charge in [-0.25, -0.2) is 9.37 Å². The van der Waals surface area contributed by atoms with E-state index in [1.54, 1.807) is 37.8 Å². The van der Waals surface area contributed by atoms with Gasteiger partial charge in [-0.2, -0.15) is 5.10 Å². The van der Waals surface area contributed by atoms with Gasteiger partial charge in [-0.3, -0.25) is 9.67 Å². The minimum atomic E-state index is -0.272. The van der Waals surface area contributed by atoms with E-state index in [0.717, 1.165) is 46.6 Å². The molecule has 0 bridgehead atoms. The van der Waals surface area contributed by atoms with Gasteiger partial charge in [0.1, 0.15) is 11.5 Å². The number of rotatable bonds is 6. The minimum Gasteiger partial charge on any atom is -0.481 e. The quantitative estimate of drug-likeness (QED) is 0.454. The second-order valence-electron chi connectivity index (χ2n) is 6.63. The zero-order valence-electron chi connectivity index (χ0n) is 16.3. The number of aromatic nitrogens is 4. The lowest BCUT2D eigenvalue weighted by atomic mass is 9.97. The van der Waals surface area contributed by atoms with Gasteiger partial charge in [-0.05, 0) is 54.4 Å². The number of methoxy groups -OCH3 is 1. The van der Waals surface area contributed by atoms with Gasteiger partial charge in [-0.15, -0.1) is 0 Å². The Morgan fingerprint density at radius 1 is 0.931 bits per heavy atom. The molecule has 0 N–H and O–H groups in total. The highest BCUT2D eigenvalue weighted by atomic mass is 19.1. The molecule has 0 radical (unpaired) electrons. The van der Waals surface area contributed by atoms with Crippen molar-refractivity contribution in [2.24, 2.45) is 0 Å². The molecule has 0 aliphatic heterocycles. The Balaban J connectivity index is 2.03. The third-order valence-corrected chi connectivity index (χ3v) is 4.69. The Morgan fingerprint density at radius 3 is 2.34 bits per heavy atom. The highest BCUT2D eigenvalue weighted by molar-refractivity contribution is 5.91. The van der Waals surface area contributed by atoms with E-state index < -0.39 is 0 Å². The van der Waals surface area contributed by atoms with Crippen molar-refractivity contribution in [3.8, 4) is 39.5 Å². The van der Waals surface area contributed by atoms with E-state index in [4.69, 9.17) is 9.84 Å². The third-order valence-electron chi connectivity index (χ3n) is 4.69. The molecule has 3 heterocycles. The van der Waals surface area contributed by atoms with Gasteiger partial charge in [0.2, 0.25) is 5.88 Å². The molecular formula is C23H21FN4O. The third kappa shape index (κ3) is 3.74. The van der Waals surface area contributed by atoms with Crippen molar-refractivity contribution in [3.05, 3.63) is 72.9 Å². The molecule has 0 aliphatic rings. The average molecular weight is 388 g/mol. The lowest BCUT2D eigenvalue weighted by molar-refractivity contribution is 0.398. The Bertz CT molecular complexity index is 1110. The van der Waals surface area contributed by atoms with Gasteiger partial charge in [0.05, 0.1) is 12.8 Å². The van der Waals surface area contributed by atoms with Crippen molar-refractivity contribution < 1.29 is 9.13 Å². The monoisotopic (exact) mass is 388 g/mol.